The predicted octanol–water partition coefficient (Wildman–Crippen LogP) is 5.39. The summed E-state index contributed by atoms with van der Waals surface area (Å²) in [7, 11) is 0. The maximum Gasteiger partial charge on any atom is 0.165 e. The van der Waals surface area contributed by atoms with E-state index in [9.17, 15) is 4.79 Å². The van der Waals surface area contributed by atoms with Crippen molar-refractivity contribution in [2.45, 2.75) is 39.5 Å². The van der Waals surface area contributed by atoms with Crippen molar-refractivity contribution in [2.75, 3.05) is 0 Å². The van der Waals surface area contributed by atoms with Crippen LogP contribution in [-0.2, 0) is 0 Å². The fourth-order valence-electron chi connectivity index (χ4n) is 1.86. The van der Waals surface area contributed by atoms with Gasteiger partial charge in [0.15, 0.2) is 5.78 Å². The van der Waals surface area contributed by atoms with Gasteiger partial charge in [0.1, 0.15) is 0 Å². The minimum atomic E-state index is 0.104. The van der Waals surface area contributed by atoms with Gasteiger partial charge in [0.2, 0.25) is 0 Å². The largest absolute Gasteiger partial charge is 0.294 e. The fraction of sp³-hybridized carbons (Fsp3) is 0.500. The van der Waals surface area contributed by atoms with Crippen LogP contribution in [-0.4, -0.2) is 5.78 Å². The van der Waals surface area contributed by atoms with Gasteiger partial charge in [0, 0.05) is 11.5 Å². The number of ketones is 1. The molecule has 1 atom stereocenters. The molecule has 0 N–H and O–H groups in total. The van der Waals surface area contributed by atoms with Crippen molar-refractivity contribution in [3.8, 4) is 0 Å². The van der Waals surface area contributed by atoms with Gasteiger partial charge in [-0.2, -0.15) is 0 Å². The van der Waals surface area contributed by atoms with E-state index >= 15 is 0 Å². The molecule has 0 fully saturated rings. The molecule has 0 bridgehead atoms. The Hall–Kier alpha value is -0.530. The summed E-state index contributed by atoms with van der Waals surface area (Å²) in [5, 5.41) is 0.938. The molecule has 1 aromatic rings. The van der Waals surface area contributed by atoms with Gasteiger partial charge in [-0.1, -0.05) is 49.9 Å². The zero-order valence-corrected chi connectivity index (χ0v) is 11.8. The van der Waals surface area contributed by atoms with Crippen LogP contribution in [0.15, 0.2) is 18.2 Å². The number of hydrogen-bond acceptors (Lipinski definition) is 1. The molecule has 0 saturated carbocycles. The van der Waals surface area contributed by atoms with Crippen LogP contribution in [0.25, 0.3) is 0 Å². The van der Waals surface area contributed by atoms with Crippen LogP contribution in [0.2, 0.25) is 10.0 Å². The minimum absolute atomic E-state index is 0.104. The lowest BCUT2D eigenvalue weighted by Gasteiger charge is -2.13. The Kier molecular flexibility index (Phi) is 6.01. The molecule has 0 heterocycles. The highest BCUT2D eigenvalue weighted by Gasteiger charge is 2.18. The Bertz CT molecular complexity index is 388. The molecule has 0 aliphatic carbocycles. The third kappa shape index (κ3) is 4.01. The van der Waals surface area contributed by atoms with Gasteiger partial charge < -0.3 is 0 Å². The standard InChI is InChI=1S/C14H18Cl2O/c1-3-5-6-10(4-2)14(17)11-7-8-12(15)13(16)9-11/h7-10H,3-6H2,1-2H3. The van der Waals surface area contributed by atoms with Crippen molar-refractivity contribution in [3.05, 3.63) is 33.8 Å². The lowest BCUT2D eigenvalue weighted by atomic mass is 9.91. The highest BCUT2D eigenvalue weighted by Crippen LogP contribution is 2.25. The molecule has 1 aromatic carbocycles. The van der Waals surface area contributed by atoms with E-state index in [2.05, 4.69) is 13.8 Å². The Morgan fingerprint density at radius 1 is 1.24 bits per heavy atom. The molecule has 0 spiro atoms. The SMILES string of the molecule is CCCCC(CC)C(=O)c1ccc(Cl)c(Cl)c1. The molecule has 0 radical (unpaired) electrons. The average molecular weight is 273 g/mol. The zero-order valence-electron chi connectivity index (χ0n) is 10.3. The lowest BCUT2D eigenvalue weighted by molar-refractivity contribution is 0.0908. The van der Waals surface area contributed by atoms with Crippen LogP contribution in [0.1, 0.15) is 49.9 Å². The first kappa shape index (κ1) is 14.5. The number of rotatable bonds is 6. The molecule has 0 saturated heterocycles. The van der Waals surface area contributed by atoms with Crippen molar-refractivity contribution >= 4 is 29.0 Å². The van der Waals surface area contributed by atoms with Crippen LogP contribution in [0.3, 0.4) is 0 Å². The van der Waals surface area contributed by atoms with Crippen molar-refractivity contribution in [3.63, 3.8) is 0 Å². The van der Waals surface area contributed by atoms with Gasteiger partial charge in [0.25, 0.3) is 0 Å². The third-order valence-corrected chi connectivity index (χ3v) is 3.71. The van der Waals surface area contributed by atoms with Crippen LogP contribution in [0, 0.1) is 5.92 Å². The number of unbranched alkanes of at least 4 members (excludes halogenated alkanes) is 1. The maximum absolute atomic E-state index is 12.2. The van der Waals surface area contributed by atoms with E-state index in [0.29, 0.717) is 15.6 Å². The highest BCUT2D eigenvalue weighted by atomic mass is 35.5. The molecule has 0 aliphatic heterocycles. The normalized spacial score (nSPS) is 12.5. The van der Waals surface area contributed by atoms with E-state index in [1.165, 1.54) is 0 Å². The number of carbonyl (C=O) groups excluding carboxylic acids is 1. The Morgan fingerprint density at radius 3 is 2.47 bits per heavy atom. The summed E-state index contributed by atoms with van der Waals surface area (Å²) >= 11 is 11.8. The van der Waals surface area contributed by atoms with E-state index in [1.54, 1.807) is 18.2 Å². The van der Waals surface area contributed by atoms with E-state index in [0.717, 1.165) is 25.7 Å². The predicted molar refractivity (Wildman–Crippen MR) is 74.1 cm³/mol. The maximum atomic E-state index is 12.2. The van der Waals surface area contributed by atoms with Gasteiger partial charge in [-0.3, -0.25) is 4.79 Å². The Morgan fingerprint density at radius 2 is 1.94 bits per heavy atom. The van der Waals surface area contributed by atoms with E-state index < -0.39 is 0 Å². The molecule has 0 amide bonds. The molecule has 3 heteroatoms. The quantitative estimate of drug-likeness (QED) is 0.635. The van der Waals surface area contributed by atoms with Gasteiger partial charge in [-0.15, -0.1) is 0 Å². The molecule has 1 nitrogen and oxygen atoms in total. The van der Waals surface area contributed by atoms with Gasteiger partial charge in [-0.25, -0.2) is 0 Å². The number of Topliss-reactive ketones (excluding diaryl/α,β-unsaturated/α-hetero) is 1. The molecular weight excluding hydrogens is 255 g/mol. The zero-order chi connectivity index (χ0) is 12.8. The summed E-state index contributed by atoms with van der Waals surface area (Å²) in [6.45, 7) is 4.19. The van der Waals surface area contributed by atoms with Crippen LogP contribution in [0.5, 0.6) is 0 Å². The summed E-state index contributed by atoms with van der Waals surface area (Å²) < 4.78 is 0. The summed E-state index contributed by atoms with van der Waals surface area (Å²) in [4.78, 5) is 12.2. The molecule has 1 unspecified atom stereocenters. The summed E-state index contributed by atoms with van der Waals surface area (Å²) in [6.07, 6.45) is 4.03. The van der Waals surface area contributed by atoms with Crippen molar-refractivity contribution < 1.29 is 4.79 Å². The Labute approximate surface area is 113 Å². The van der Waals surface area contributed by atoms with Crippen LogP contribution in [0.4, 0.5) is 0 Å². The number of carbonyl (C=O) groups is 1. The molecule has 94 valence electrons. The van der Waals surface area contributed by atoms with Crippen LogP contribution < -0.4 is 0 Å². The monoisotopic (exact) mass is 272 g/mol. The average Bonchev–Trinajstić information content (AvgIpc) is 2.33. The van der Waals surface area contributed by atoms with Gasteiger partial charge in [0.05, 0.1) is 10.0 Å². The second-order valence-corrected chi connectivity index (χ2v) is 5.05. The Balaban J connectivity index is 2.82. The van der Waals surface area contributed by atoms with E-state index in [1.807, 2.05) is 0 Å². The molecule has 0 aliphatic rings. The van der Waals surface area contributed by atoms with E-state index in [4.69, 9.17) is 23.2 Å². The first-order chi connectivity index (χ1) is 8.10. The first-order valence-corrected chi connectivity index (χ1v) is 6.85. The summed E-state index contributed by atoms with van der Waals surface area (Å²) in [5.74, 6) is 0.284. The molecule has 17 heavy (non-hydrogen) atoms. The summed E-state index contributed by atoms with van der Waals surface area (Å²) in [5.41, 5.74) is 0.669. The topological polar surface area (TPSA) is 17.1 Å². The van der Waals surface area contributed by atoms with Crippen LogP contribution >= 0.6 is 23.2 Å². The molecular formula is C14H18Cl2O. The number of halogens is 2. The summed E-state index contributed by atoms with van der Waals surface area (Å²) in [6, 6.07) is 5.11. The molecule has 1 rings (SSSR count). The van der Waals surface area contributed by atoms with Crippen molar-refractivity contribution in [2.24, 2.45) is 5.92 Å². The second-order valence-electron chi connectivity index (χ2n) is 4.24. The minimum Gasteiger partial charge on any atom is -0.294 e. The van der Waals surface area contributed by atoms with E-state index in [-0.39, 0.29) is 11.7 Å². The van der Waals surface area contributed by atoms with Gasteiger partial charge in [-0.05, 0) is 31.0 Å². The second kappa shape index (κ2) is 7.03. The highest BCUT2D eigenvalue weighted by molar-refractivity contribution is 6.42. The third-order valence-electron chi connectivity index (χ3n) is 2.97. The number of benzene rings is 1. The lowest BCUT2D eigenvalue weighted by Crippen LogP contribution is -2.14. The smallest absolute Gasteiger partial charge is 0.165 e. The van der Waals surface area contributed by atoms with Crippen molar-refractivity contribution in [1.82, 2.24) is 0 Å². The number of hydrogen-bond donors (Lipinski definition) is 0. The first-order valence-electron chi connectivity index (χ1n) is 6.09. The fourth-order valence-corrected chi connectivity index (χ4v) is 2.15. The van der Waals surface area contributed by atoms with Crippen molar-refractivity contribution in [1.29, 1.82) is 0 Å². The molecule has 0 aromatic heterocycles. The van der Waals surface area contributed by atoms with Gasteiger partial charge >= 0.3 is 0 Å².